The number of halogens is 2. The van der Waals surface area contributed by atoms with Gasteiger partial charge in [-0.3, -0.25) is 14.6 Å². The van der Waals surface area contributed by atoms with Crippen LogP contribution in [0.3, 0.4) is 0 Å². The largest absolute Gasteiger partial charge is 0.341 e. The molecule has 1 aromatic heterocycles. The minimum atomic E-state index is -0.102. The molecule has 0 spiro atoms. The third-order valence-corrected chi connectivity index (χ3v) is 6.19. The fourth-order valence-corrected chi connectivity index (χ4v) is 4.66. The van der Waals surface area contributed by atoms with Crippen molar-refractivity contribution < 1.29 is 9.59 Å². The molecular weight excluding hydrogens is 411 g/mol. The lowest BCUT2D eigenvalue weighted by atomic mass is 9.93. The summed E-state index contributed by atoms with van der Waals surface area (Å²) in [4.78, 5) is 33.4. The van der Waals surface area contributed by atoms with Gasteiger partial charge in [-0.25, -0.2) is 0 Å². The van der Waals surface area contributed by atoms with Crippen LogP contribution in [0.15, 0.2) is 18.2 Å². The smallest absolute Gasteiger partial charge is 0.256 e. The van der Waals surface area contributed by atoms with Gasteiger partial charge in [-0.1, -0.05) is 29.3 Å². The van der Waals surface area contributed by atoms with E-state index in [0.29, 0.717) is 41.7 Å². The Kier molecular flexibility index (Phi) is 5.51. The van der Waals surface area contributed by atoms with E-state index in [4.69, 9.17) is 28.9 Å². The summed E-state index contributed by atoms with van der Waals surface area (Å²) in [5, 5.41) is 0.993. The molecule has 1 fully saturated rings. The second-order valence-electron chi connectivity index (χ2n) is 7.41. The number of likely N-dealkylation sites (tertiary alicyclic amines) is 1. The Balaban J connectivity index is 1.72. The fraction of sp³-hybridized carbons (Fsp3) is 0.381. The van der Waals surface area contributed by atoms with Crippen LogP contribution in [0.4, 0.5) is 0 Å². The van der Waals surface area contributed by atoms with Crippen molar-refractivity contribution >= 4 is 35.0 Å². The molecule has 3 heterocycles. The standard InChI is InChI=1S/C21H22Cl2N4O2/c1-12-15(10-24)19(14-5-4-13(22)9-16(14)23)20-17(25-12)11-27(21(20)29)8-7-26-6-2-3-18(26)28/h4-5,9H,2-3,6-8,10-11,24H2,1H3. The van der Waals surface area contributed by atoms with Crippen LogP contribution in [0.2, 0.25) is 10.0 Å². The van der Waals surface area contributed by atoms with Crippen molar-refractivity contribution in [2.24, 2.45) is 5.73 Å². The average Bonchev–Trinajstić information content (AvgIpc) is 3.22. The van der Waals surface area contributed by atoms with Gasteiger partial charge in [0.15, 0.2) is 0 Å². The monoisotopic (exact) mass is 432 g/mol. The number of fused-ring (bicyclic) bond motifs is 1. The van der Waals surface area contributed by atoms with Gasteiger partial charge in [0, 0.05) is 59.5 Å². The molecule has 6 nitrogen and oxygen atoms in total. The van der Waals surface area contributed by atoms with Crippen molar-refractivity contribution in [3.63, 3.8) is 0 Å². The van der Waals surface area contributed by atoms with Gasteiger partial charge in [-0.15, -0.1) is 0 Å². The number of amides is 2. The number of aromatic nitrogens is 1. The highest BCUT2D eigenvalue weighted by Gasteiger charge is 2.34. The molecule has 1 aromatic carbocycles. The van der Waals surface area contributed by atoms with E-state index in [1.165, 1.54) is 0 Å². The number of nitrogens with zero attached hydrogens (tertiary/aromatic N) is 3. The fourth-order valence-electron chi connectivity index (χ4n) is 4.16. The van der Waals surface area contributed by atoms with Crippen LogP contribution < -0.4 is 5.73 Å². The van der Waals surface area contributed by atoms with Gasteiger partial charge in [0.2, 0.25) is 5.91 Å². The van der Waals surface area contributed by atoms with Crippen LogP contribution in [0.25, 0.3) is 11.1 Å². The molecule has 8 heteroatoms. The first-order chi connectivity index (χ1) is 13.9. The number of nitrogens with two attached hydrogens (primary N) is 1. The zero-order chi connectivity index (χ0) is 20.7. The van der Waals surface area contributed by atoms with Crippen molar-refractivity contribution in [2.75, 3.05) is 19.6 Å². The van der Waals surface area contributed by atoms with Crippen molar-refractivity contribution in [3.05, 3.63) is 50.8 Å². The van der Waals surface area contributed by atoms with E-state index >= 15 is 0 Å². The third-order valence-electron chi connectivity index (χ3n) is 5.64. The second-order valence-corrected chi connectivity index (χ2v) is 8.26. The Hall–Kier alpha value is -2.15. The maximum atomic E-state index is 13.3. The molecule has 0 aliphatic carbocycles. The lowest BCUT2D eigenvalue weighted by Gasteiger charge is -2.21. The summed E-state index contributed by atoms with van der Waals surface area (Å²) in [7, 11) is 0. The zero-order valence-corrected chi connectivity index (χ0v) is 17.7. The van der Waals surface area contributed by atoms with Crippen molar-refractivity contribution in [3.8, 4) is 11.1 Å². The molecule has 29 heavy (non-hydrogen) atoms. The Bertz CT molecular complexity index is 1010. The summed E-state index contributed by atoms with van der Waals surface area (Å²) < 4.78 is 0. The van der Waals surface area contributed by atoms with Crippen LogP contribution in [0.1, 0.15) is 40.2 Å². The van der Waals surface area contributed by atoms with E-state index in [1.807, 2.05) is 17.9 Å². The number of hydrogen-bond acceptors (Lipinski definition) is 4. The molecule has 0 saturated carbocycles. The first-order valence-electron chi connectivity index (χ1n) is 9.65. The highest BCUT2D eigenvalue weighted by atomic mass is 35.5. The van der Waals surface area contributed by atoms with Crippen LogP contribution in [-0.4, -0.2) is 46.2 Å². The molecule has 2 aliphatic heterocycles. The molecule has 152 valence electrons. The van der Waals surface area contributed by atoms with Crippen LogP contribution in [0.5, 0.6) is 0 Å². The first kappa shape index (κ1) is 20.1. The predicted molar refractivity (Wildman–Crippen MR) is 113 cm³/mol. The summed E-state index contributed by atoms with van der Waals surface area (Å²) >= 11 is 12.5. The maximum absolute atomic E-state index is 13.3. The van der Waals surface area contributed by atoms with Gasteiger partial charge in [-0.2, -0.15) is 0 Å². The van der Waals surface area contributed by atoms with Crippen molar-refractivity contribution in [1.82, 2.24) is 14.8 Å². The van der Waals surface area contributed by atoms with Gasteiger partial charge in [-0.05, 0) is 31.0 Å². The average molecular weight is 433 g/mol. The van der Waals surface area contributed by atoms with Crippen LogP contribution in [0, 0.1) is 6.92 Å². The minimum absolute atomic E-state index is 0.102. The van der Waals surface area contributed by atoms with Crippen LogP contribution >= 0.6 is 23.2 Å². The van der Waals surface area contributed by atoms with E-state index in [0.717, 1.165) is 41.0 Å². The van der Waals surface area contributed by atoms with E-state index in [9.17, 15) is 9.59 Å². The third kappa shape index (κ3) is 3.61. The molecule has 2 aliphatic rings. The Morgan fingerprint density at radius 3 is 2.55 bits per heavy atom. The number of rotatable bonds is 5. The van der Waals surface area contributed by atoms with Gasteiger partial charge >= 0.3 is 0 Å². The molecule has 0 atom stereocenters. The maximum Gasteiger partial charge on any atom is 0.256 e. The highest BCUT2D eigenvalue weighted by Crippen LogP contribution is 2.39. The number of aryl methyl sites for hydroxylation is 1. The lowest BCUT2D eigenvalue weighted by Crippen LogP contribution is -2.36. The summed E-state index contributed by atoms with van der Waals surface area (Å²) in [5.74, 6) is 0.0528. The normalized spacial score (nSPS) is 16.1. The van der Waals surface area contributed by atoms with Gasteiger partial charge in [0.05, 0.1) is 17.8 Å². The second kappa shape index (κ2) is 7.94. The summed E-state index contributed by atoms with van der Waals surface area (Å²) in [5.41, 5.74) is 10.3. The van der Waals surface area contributed by atoms with Gasteiger partial charge < -0.3 is 15.5 Å². The van der Waals surface area contributed by atoms with Crippen LogP contribution in [-0.2, 0) is 17.9 Å². The van der Waals surface area contributed by atoms with E-state index < -0.39 is 0 Å². The van der Waals surface area contributed by atoms with Gasteiger partial charge in [0.1, 0.15) is 0 Å². The molecule has 2 amide bonds. The SMILES string of the molecule is Cc1nc2c(c(-c3ccc(Cl)cc3Cl)c1CN)C(=O)N(CCN1CCCC1=O)C2. The Morgan fingerprint density at radius 1 is 1.14 bits per heavy atom. The number of pyridine rings is 1. The van der Waals surface area contributed by atoms with Crippen molar-refractivity contribution in [1.29, 1.82) is 0 Å². The number of carbonyl (C=O) groups excluding carboxylic acids is 2. The quantitative estimate of drug-likeness (QED) is 0.784. The molecule has 4 rings (SSSR count). The predicted octanol–water partition coefficient (Wildman–Crippen LogP) is 3.40. The number of benzene rings is 1. The van der Waals surface area contributed by atoms with Gasteiger partial charge in [0.25, 0.3) is 5.91 Å². The van der Waals surface area contributed by atoms with E-state index in [-0.39, 0.29) is 18.4 Å². The van der Waals surface area contributed by atoms with Crippen molar-refractivity contribution in [2.45, 2.75) is 32.9 Å². The molecule has 1 saturated heterocycles. The molecular formula is C21H22Cl2N4O2. The molecule has 0 radical (unpaired) electrons. The zero-order valence-electron chi connectivity index (χ0n) is 16.2. The number of hydrogen-bond donors (Lipinski definition) is 1. The first-order valence-corrected chi connectivity index (χ1v) is 10.4. The molecule has 2 N–H and O–H groups in total. The summed E-state index contributed by atoms with van der Waals surface area (Å²) in [6.45, 7) is 4.33. The van der Waals surface area contributed by atoms with E-state index in [2.05, 4.69) is 4.98 Å². The molecule has 0 unspecified atom stereocenters. The number of carbonyl (C=O) groups is 2. The highest BCUT2D eigenvalue weighted by molar-refractivity contribution is 6.36. The minimum Gasteiger partial charge on any atom is -0.341 e. The molecule has 2 aromatic rings. The summed E-state index contributed by atoms with van der Waals surface area (Å²) in [6, 6.07) is 5.23. The lowest BCUT2D eigenvalue weighted by molar-refractivity contribution is -0.127. The molecule has 0 bridgehead atoms. The van der Waals surface area contributed by atoms with E-state index in [1.54, 1.807) is 17.0 Å². The topological polar surface area (TPSA) is 79.5 Å². The Labute approximate surface area is 179 Å². The Morgan fingerprint density at radius 2 is 1.90 bits per heavy atom. The summed E-state index contributed by atoms with van der Waals surface area (Å²) in [6.07, 6.45) is 1.47.